The second-order valence-electron chi connectivity index (χ2n) is 4.71. The molecule has 0 atom stereocenters. The van der Waals surface area contributed by atoms with Gasteiger partial charge in [-0.05, 0) is 39.0 Å². The van der Waals surface area contributed by atoms with Gasteiger partial charge in [0.05, 0.1) is 8.07 Å². The Kier molecular flexibility index (Phi) is 4.39. The largest absolute Gasteiger partial charge is 0.304 e. The first-order valence-corrected chi connectivity index (χ1v) is 8.65. The Hall–Kier alpha value is -0.0831. The molecule has 0 amide bonds. The van der Waals surface area contributed by atoms with Crippen LogP contribution in [0.5, 0.6) is 0 Å². The van der Waals surface area contributed by atoms with Crippen LogP contribution in [0.1, 0.15) is 27.2 Å². The molecule has 2 heteroatoms. The lowest BCUT2D eigenvalue weighted by atomic mass is 10.2. The highest BCUT2D eigenvalue weighted by atomic mass is 28.3. The van der Waals surface area contributed by atoms with Crippen LogP contribution in [0, 0.1) is 0 Å². The normalized spacial score (nSPS) is 17.9. The molecule has 0 aromatic carbocycles. The van der Waals surface area contributed by atoms with Gasteiger partial charge in [-0.2, -0.15) is 0 Å². The van der Waals surface area contributed by atoms with E-state index in [1.54, 1.807) is 0 Å². The molecule has 0 saturated carbocycles. The van der Waals surface area contributed by atoms with Crippen molar-refractivity contribution in [3.05, 3.63) is 11.8 Å². The Balaban J connectivity index is 2.44. The molecule has 1 heterocycles. The Bertz CT molecular complexity index is 192. The summed E-state index contributed by atoms with van der Waals surface area (Å²) in [7, 11) is -1.10. The molecule has 0 aromatic rings. The van der Waals surface area contributed by atoms with Gasteiger partial charge in [-0.1, -0.05) is 31.1 Å². The molecule has 82 valence electrons. The zero-order valence-electron chi connectivity index (χ0n) is 10.1. The van der Waals surface area contributed by atoms with Gasteiger partial charge in [0.25, 0.3) is 0 Å². The average Bonchev–Trinajstić information content (AvgIpc) is 2.09. The molecule has 1 saturated heterocycles. The summed E-state index contributed by atoms with van der Waals surface area (Å²) in [5.74, 6) is 0. The highest BCUT2D eigenvalue weighted by molar-refractivity contribution is 6.86. The fourth-order valence-corrected chi connectivity index (χ4v) is 5.98. The standard InChI is InChI=1S/C12H25NSi/c1-5-14(6-2,12(3)4)11-10-13-8-7-9-13/h3,5-11H2,1-2,4H3. The van der Waals surface area contributed by atoms with E-state index in [4.69, 9.17) is 0 Å². The van der Waals surface area contributed by atoms with Crippen LogP contribution in [-0.4, -0.2) is 32.6 Å². The van der Waals surface area contributed by atoms with Crippen molar-refractivity contribution in [3.8, 4) is 0 Å². The number of hydrogen-bond donors (Lipinski definition) is 0. The minimum Gasteiger partial charge on any atom is -0.304 e. The lowest BCUT2D eigenvalue weighted by Gasteiger charge is -2.36. The number of hydrogen-bond acceptors (Lipinski definition) is 1. The first-order valence-electron chi connectivity index (χ1n) is 6.03. The molecule has 0 N–H and O–H groups in total. The van der Waals surface area contributed by atoms with Crippen molar-refractivity contribution in [2.45, 2.75) is 45.3 Å². The van der Waals surface area contributed by atoms with Gasteiger partial charge >= 0.3 is 0 Å². The summed E-state index contributed by atoms with van der Waals surface area (Å²) in [5.41, 5.74) is 0. The molecule has 0 bridgehead atoms. The quantitative estimate of drug-likeness (QED) is 0.609. The molecule has 14 heavy (non-hydrogen) atoms. The molecule has 0 spiro atoms. The highest BCUT2D eigenvalue weighted by Gasteiger charge is 2.30. The number of rotatable bonds is 6. The van der Waals surface area contributed by atoms with Gasteiger partial charge in [0.1, 0.15) is 0 Å². The van der Waals surface area contributed by atoms with Gasteiger partial charge in [0, 0.05) is 0 Å². The van der Waals surface area contributed by atoms with Gasteiger partial charge in [0.2, 0.25) is 0 Å². The van der Waals surface area contributed by atoms with Crippen LogP contribution >= 0.6 is 0 Å². The summed E-state index contributed by atoms with van der Waals surface area (Å²) in [5, 5.41) is 1.52. The van der Waals surface area contributed by atoms with E-state index in [1.807, 2.05) is 0 Å². The first-order chi connectivity index (χ1) is 6.64. The second kappa shape index (κ2) is 5.13. The molecule has 0 aliphatic carbocycles. The van der Waals surface area contributed by atoms with Crippen molar-refractivity contribution in [1.29, 1.82) is 0 Å². The van der Waals surface area contributed by atoms with Gasteiger partial charge < -0.3 is 4.90 Å². The number of nitrogens with zero attached hydrogens (tertiary/aromatic N) is 1. The lowest BCUT2D eigenvalue weighted by Crippen LogP contribution is -2.43. The SMILES string of the molecule is C=C(C)[Si](CC)(CC)CCN1CCC1. The zero-order chi connectivity index (χ0) is 10.6. The Morgan fingerprint density at radius 1 is 1.29 bits per heavy atom. The van der Waals surface area contributed by atoms with E-state index in [1.165, 1.54) is 49.4 Å². The molecule has 1 nitrogen and oxygen atoms in total. The Labute approximate surface area is 90.2 Å². The summed E-state index contributed by atoms with van der Waals surface area (Å²) in [6.45, 7) is 15.2. The van der Waals surface area contributed by atoms with Crippen molar-refractivity contribution in [1.82, 2.24) is 4.90 Å². The van der Waals surface area contributed by atoms with E-state index in [0.717, 1.165) is 0 Å². The highest BCUT2D eigenvalue weighted by Crippen LogP contribution is 2.28. The molecule has 0 unspecified atom stereocenters. The Morgan fingerprint density at radius 3 is 2.14 bits per heavy atom. The third kappa shape index (κ3) is 2.48. The van der Waals surface area contributed by atoms with Crippen LogP contribution in [0.15, 0.2) is 11.8 Å². The Morgan fingerprint density at radius 2 is 1.86 bits per heavy atom. The van der Waals surface area contributed by atoms with Crippen LogP contribution < -0.4 is 0 Å². The van der Waals surface area contributed by atoms with E-state index in [2.05, 4.69) is 32.3 Å². The monoisotopic (exact) mass is 211 g/mol. The van der Waals surface area contributed by atoms with Gasteiger partial charge in [-0.25, -0.2) is 0 Å². The predicted molar refractivity (Wildman–Crippen MR) is 67.4 cm³/mol. The van der Waals surface area contributed by atoms with Crippen molar-refractivity contribution >= 4 is 8.07 Å². The molecule has 0 radical (unpaired) electrons. The van der Waals surface area contributed by atoms with Crippen molar-refractivity contribution in [3.63, 3.8) is 0 Å². The maximum atomic E-state index is 4.23. The van der Waals surface area contributed by atoms with E-state index >= 15 is 0 Å². The summed E-state index contributed by atoms with van der Waals surface area (Å²) >= 11 is 0. The fraction of sp³-hybridized carbons (Fsp3) is 0.833. The van der Waals surface area contributed by atoms with Crippen molar-refractivity contribution in [2.75, 3.05) is 19.6 Å². The summed E-state index contributed by atoms with van der Waals surface area (Å²) in [6.07, 6.45) is 1.42. The molecule has 0 aromatic heterocycles. The van der Waals surface area contributed by atoms with Crippen LogP contribution in [0.25, 0.3) is 0 Å². The smallest absolute Gasteiger partial charge is 0.0811 e. The zero-order valence-corrected chi connectivity index (χ0v) is 11.1. The molecular formula is C12H25NSi. The van der Waals surface area contributed by atoms with Crippen LogP contribution in [-0.2, 0) is 0 Å². The van der Waals surface area contributed by atoms with E-state index in [-0.39, 0.29) is 0 Å². The third-order valence-electron chi connectivity index (χ3n) is 4.11. The van der Waals surface area contributed by atoms with Crippen molar-refractivity contribution < 1.29 is 0 Å². The number of likely N-dealkylation sites (tertiary alicyclic amines) is 1. The molecule has 1 fully saturated rings. The van der Waals surface area contributed by atoms with Crippen LogP contribution in [0.4, 0.5) is 0 Å². The summed E-state index contributed by atoms with van der Waals surface area (Å²) in [6, 6.07) is 4.20. The van der Waals surface area contributed by atoms with Crippen LogP contribution in [0.3, 0.4) is 0 Å². The van der Waals surface area contributed by atoms with E-state index < -0.39 is 8.07 Å². The van der Waals surface area contributed by atoms with E-state index in [0.29, 0.717) is 0 Å². The minimum atomic E-state index is -1.10. The molecule has 1 rings (SSSR count). The maximum Gasteiger partial charge on any atom is 0.0811 e. The van der Waals surface area contributed by atoms with Crippen LogP contribution in [0.2, 0.25) is 18.1 Å². The van der Waals surface area contributed by atoms with E-state index in [9.17, 15) is 0 Å². The first kappa shape index (κ1) is 12.0. The summed E-state index contributed by atoms with van der Waals surface area (Å²) < 4.78 is 0. The predicted octanol–water partition coefficient (Wildman–Crippen LogP) is 3.30. The topological polar surface area (TPSA) is 3.24 Å². The lowest BCUT2D eigenvalue weighted by molar-refractivity contribution is 0.191. The fourth-order valence-electron chi connectivity index (χ4n) is 2.40. The summed E-state index contributed by atoms with van der Waals surface area (Å²) in [4.78, 5) is 2.59. The van der Waals surface area contributed by atoms with Gasteiger partial charge in [0.15, 0.2) is 0 Å². The molecular weight excluding hydrogens is 186 g/mol. The maximum absolute atomic E-state index is 4.23. The van der Waals surface area contributed by atoms with Gasteiger partial charge in [-0.3, -0.25) is 0 Å². The average molecular weight is 211 g/mol. The minimum absolute atomic E-state index is 1.10. The third-order valence-corrected chi connectivity index (χ3v) is 9.81. The van der Waals surface area contributed by atoms with Crippen molar-refractivity contribution in [2.24, 2.45) is 0 Å². The number of allylic oxidation sites excluding steroid dienone is 1. The molecule has 1 aliphatic rings. The second-order valence-corrected chi connectivity index (χ2v) is 10.0. The van der Waals surface area contributed by atoms with Gasteiger partial charge in [-0.15, -0.1) is 6.58 Å². The molecule has 1 aliphatic heterocycles.